The van der Waals surface area contributed by atoms with Crippen molar-refractivity contribution in [3.8, 4) is 0 Å². The van der Waals surface area contributed by atoms with Crippen LogP contribution in [0, 0.1) is 6.92 Å². The summed E-state index contributed by atoms with van der Waals surface area (Å²) in [5, 5.41) is 13.9. The summed E-state index contributed by atoms with van der Waals surface area (Å²) in [6.45, 7) is 2.32. The van der Waals surface area contributed by atoms with Crippen LogP contribution >= 0.6 is 0 Å². The molecule has 104 valence electrons. The summed E-state index contributed by atoms with van der Waals surface area (Å²) in [7, 11) is 0. The number of carbonyl (C=O) groups excluding carboxylic acids is 1. The molecule has 0 spiro atoms. The van der Waals surface area contributed by atoms with Crippen LogP contribution in [-0.4, -0.2) is 22.7 Å². The second-order valence-corrected chi connectivity index (χ2v) is 5.00. The van der Waals surface area contributed by atoms with Crippen LogP contribution in [0.3, 0.4) is 0 Å². The summed E-state index contributed by atoms with van der Waals surface area (Å²) in [4.78, 5) is 14.2. The van der Waals surface area contributed by atoms with Crippen LogP contribution in [0.5, 0.6) is 0 Å². The Morgan fingerprint density at radius 1 is 1.45 bits per heavy atom. The molecule has 0 saturated heterocycles. The summed E-state index contributed by atoms with van der Waals surface area (Å²) in [6.07, 6.45) is 0.875. The third kappa shape index (κ3) is 2.20. The van der Waals surface area contributed by atoms with Crippen LogP contribution in [0.2, 0.25) is 0 Å². The van der Waals surface area contributed by atoms with E-state index in [9.17, 15) is 9.90 Å². The minimum atomic E-state index is -0.525. The third-order valence-electron chi connectivity index (χ3n) is 3.54. The standard InChI is InChI=1S/C15H16N2O3/c1-10-9-12(16-20-10)15(19)17-8-4-7-14(18)11-5-2-3-6-13(11)17/h2-3,5-6,9,14,18H,4,7-8H2,1H3. The molecule has 0 aliphatic carbocycles. The third-order valence-corrected chi connectivity index (χ3v) is 3.54. The van der Waals surface area contributed by atoms with Crippen molar-refractivity contribution >= 4 is 11.6 Å². The van der Waals surface area contributed by atoms with Crippen LogP contribution in [0.1, 0.15) is 40.8 Å². The lowest BCUT2D eigenvalue weighted by molar-refractivity contribution is 0.0978. The lowest BCUT2D eigenvalue weighted by Crippen LogP contribution is -2.32. The second kappa shape index (κ2) is 5.09. The number of hydrogen-bond donors (Lipinski definition) is 1. The van der Waals surface area contributed by atoms with Gasteiger partial charge in [0.25, 0.3) is 5.91 Å². The van der Waals surface area contributed by atoms with Gasteiger partial charge in [0.1, 0.15) is 5.76 Å². The number of benzene rings is 1. The lowest BCUT2D eigenvalue weighted by Gasteiger charge is -2.22. The molecule has 3 rings (SSSR count). The van der Waals surface area contributed by atoms with Crippen LogP contribution in [0.25, 0.3) is 0 Å². The number of para-hydroxylation sites is 1. The molecule has 5 heteroatoms. The maximum atomic E-state index is 12.6. The molecule has 1 aliphatic heterocycles. The SMILES string of the molecule is Cc1cc(C(=O)N2CCCC(O)c3ccccc32)no1. The molecular formula is C15H16N2O3. The highest BCUT2D eigenvalue weighted by Crippen LogP contribution is 2.33. The number of nitrogens with zero attached hydrogens (tertiary/aromatic N) is 2. The number of hydrogen-bond acceptors (Lipinski definition) is 4. The Balaban J connectivity index is 2.01. The maximum absolute atomic E-state index is 12.6. The zero-order valence-electron chi connectivity index (χ0n) is 11.2. The Labute approximate surface area is 116 Å². The van der Waals surface area contributed by atoms with Gasteiger partial charge in [-0.15, -0.1) is 0 Å². The van der Waals surface area contributed by atoms with Gasteiger partial charge in [-0.05, 0) is 25.8 Å². The van der Waals surface area contributed by atoms with Gasteiger partial charge in [-0.3, -0.25) is 4.79 Å². The molecule has 1 atom stereocenters. The number of anilines is 1. The molecular weight excluding hydrogens is 256 g/mol. The number of aryl methyl sites for hydroxylation is 1. The Bertz CT molecular complexity index is 636. The molecule has 0 radical (unpaired) electrons. The molecule has 2 heterocycles. The largest absolute Gasteiger partial charge is 0.388 e. The van der Waals surface area contributed by atoms with Gasteiger partial charge < -0.3 is 14.5 Å². The summed E-state index contributed by atoms with van der Waals surface area (Å²) in [6, 6.07) is 9.09. The van der Waals surface area contributed by atoms with Crippen LogP contribution in [0.4, 0.5) is 5.69 Å². The molecule has 5 nitrogen and oxygen atoms in total. The highest BCUT2D eigenvalue weighted by atomic mass is 16.5. The van der Waals surface area contributed by atoms with Gasteiger partial charge in [-0.25, -0.2) is 0 Å². The van der Waals surface area contributed by atoms with Crippen molar-refractivity contribution in [3.63, 3.8) is 0 Å². The summed E-state index contributed by atoms with van der Waals surface area (Å²) in [5.74, 6) is 0.417. The lowest BCUT2D eigenvalue weighted by atomic mass is 10.0. The number of aromatic nitrogens is 1. The molecule has 1 unspecified atom stereocenters. The first-order valence-corrected chi connectivity index (χ1v) is 6.69. The van der Waals surface area contributed by atoms with Gasteiger partial charge in [-0.2, -0.15) is 0 Å². The first-order valence-electron chi connectivity index (χ1n) is 6.69. The predicted molar refractivity (Wildman–Crippen MR) is 73.6 cm³/mol. The smallest absolute Gasteiger partial charge is 0.280 e. The fourth-order valence-corrected chi connectivity index (χ4v) is 2.55. The van der Waals surface area contributed by atoms with Crippen LogP contribution in [-0.2, 0) is 0 Å². The van der Waals surface area contributed by atoms with Crippen molar-refractivity contribution in [1.29, 1.82) is 0 Å². The highest BCUT2D eigenvalue weighted by molar-refractivity contribution is 6.05. The minimum absolute atomic E-state index is 0.191. The number of aliphatic hydroxyl groups excluding tert-OH is 1. The van der Waals surface area contributed by atoms with E-state index in [2.05, 4.69) is 5.16 Å². The number of aliphatic hydroxyl groups is 1. The van der Waals surface area contributed by atoms with Gasteiger partial charge in [0, 0.05) is 23.9 Å². The van der Waals surface area contributed by atoms with Gasteiger partial charge in [0.15, 0.2) is 5.69 Å². The van der Waals surface area contributed by atoms with Crippen LogP contribution in [0.15, 0.2) is 34.9 Å². The molecule has 0 saturated carbocycles. The first kappa shape index (κ1) is 12.9. The molecule has 20 heavy (non-hydrogen) atoms. The van der Waals surface area contributed by atoms with E-state index < -0.39 is 6.10 Å². The van der Waals surface area contributed by atoms with E-state index in [4.69, 9.17) is 4.52 Å². The Morgan fingerprint density at radius 2 is 2.25 bits per heavy atom. The normalized spacial score (nSPS) is 18.5. The number of fused-ring (bicyclic) bond motifs is 1. The fraction of sp³-hybridized carbons (Fsp3) is 0.333. The van der Waals surface area contributed by atoms with Gasteiger partial charge in [0.05, 0.1) is 6.10 Å². The summed E-state index contributed by atoms with van der Waals surface area (Å²) < 4.78 is 4.97. The van der Waals surface area contributed by atoms with Crippen LogP contribution < -0.4 is 4.90 Å². The van der Waals surface area contributed by atoms with E-state index >= 15 is 0 Å². The molecule has 1 amide bonds. The molecule has 0 fully saturated rings. The van der Waals surface area contributed by atoms with E-state index in [0.29, 0.717) is 24.4 Å². The Morgan fingerprint density at radius 3 is 3.00 bits per heavy atom. The Kier molecular flexibility index (Phi) is 3.28. The topological polar surface area (TPSA) is 66.6 Å². The molecule has 1 aromatic heterocycles. The first-order chi connectivity index (χ1) is 9.66. The highest BCUT2D eigenvalue weighted by Gasteiger charge is 2.27. The maximum Gasteiger partial charge on any atom is 0.280 e. The number of rotatable bonds is 1. The fourth-order valence-electron chi connectivity index (χ4n) is 2.55. The van der Waals surface area contributed by atoms with Crippen molar-refractivity contribution in [3.05, 3.63) is 47.3 Å². The zero-order chi connectivity index (χ0) is 14.1. The van der Waals surface area contributed by atoms with Crippen molar-refractivity contribution in [2.75, 3.05) is 11.4 Å². The zero-order valence-corrected chi connectivity index (χ0v) is 11.2. The van der Waals surface area contributed by atoms with E-state index in [1.165, 1.54) is 0 Å². The monoisotopic (exact) mass is 272 g/mol. The van der Waals surface area contributed by atoms with Gasteiger partial charge >= 0.3 is 0 Å². The molecule has 2 aromatic rings. The summed E-state index contributed by atoms with van der Waals surface area (Å²) >= 11 is 0. The predicted octanol–water partition coefficient (Wildman–Crippen LogP) is 2.46. The quantitative estimate of drug-likeness (QED) is 0.866. The van der Waals surface area contributed by atoms with E-state index in [1.807, 2.05) is 24.3 Å². The molecule has 1 aliphatic rings. The van der Waals surface area contributed by atoms with Gasteiger partial charge in [-0.1, -0.05) is 23.4 Å². The molecule has 0 bridgehead atoms. The number of carbonyl (C=O) groups is 1. The number of amides is 1. The van der Waals surface area contributed by atoms with Crippen molar-refractivity contribution in [2.45, 2.75) is 25.9 Å². The molecule has 1 N–H and O–H groups in total. The van der Waals surface area contributed by atoms with Crippen molar-refractivity contribution < 1.29 is 14.4 Å². The minimum Gasteiger partial charge on any atom is -0.388 e. The van der Waals surface area contributed by atoms with Gasteiger partial charge in [0.2, 0.25) is 0 Å². The Hall–Kier alpha value is -2.14. The van der Waals surface area contributed by atoms with Crippen molar-refractivity contribution in [2.24, 2.45) is 0 Å². The van der Waals surface area contributed by atoms with E-state index in [0.717, 1.165) is 17.7 Å². The second-order valence-electron chi connectivity index (χ2n) is 5.00. The van der Waals surface area contributed by atoms with Crippen molar-refractivity contribution in [1.82, 2.24) is 5.16 Å². The van der Waals surface area contributed by atoms with E-state index in [1.54, 1.807) is 17.9 Å². The molecule has 1 aromatic carbocycles. The average Bonchev–Trinajstić information content (AvgIpc) is 2.82. The summed E-state index contributed by atoms with van der Waals surface area (Å²) in [5.41, 5.74) is 1.84. The average molecular weight is 272 g/mol. The van der Waals surface area contributed by atoms with E-state index in [-0.39, 0.29) is 5.91 Å².